The second-order valence-corrected chi connectivity index (χ2v) is 9.62. The number of benzene rings is 3. The van der Waals surface area contributed by atoms with E-state index in [1.807, 2.05) is 42.5 Å². The third-order valence-corrected chi connectivity index (χ3v) is 6.88. The van der Waals surface area contributed by atoms with Crippen LogP contribution in [-0.4, -0.2) is 53.0 Å². The molecule has 0 saturated carbocycles. The molecule has 0 spiro atoms. The zero-order valence-corrected chi connectivity index (χ0v) is 19.3. The molecule has 170 valence electrons. The molecular formula is C24H28N2O5S. The van der Waals surface area contributed by atoms with Crippen LogP contribution >= 0.6 is 0 Å². The third kappa shape index (κ3) is 5.77. The second-order valence-electron chi connectivity index (χ2n) is 7.47. The fourth-order valence-corrected chi connectivity index (χ4v) is 4.23. The molecule has 0 unspecified atom stereocenters. The number of carbonyl (C=O) groups is 1. The SMILES string of the molecule is COc1ccc(S(=O)(=O)N(C)C)cc1CCC(=O)NCCOc1ccc2ccccc2c1. The number of hydrogen-bond acceptors (Lipinski definition) is 5. The molecule has 7 nitrogen and oxygen atoms in total. The van der Waals surface area contributed by atoms with Crippen LogP contribution in [0.2, 0.25) is 0 Å². The highest BCUT2D eigenvalue weighted by Crippen LogP contribution is 2.25. The number of hydrogen-bond donors (Lipinski definition) is 1. The van der Waals surface area contributed by atoms with Crippen molar-refractivity contribution < 1.29 is 22.7 Å². The van der Waals surface area contributed by atoms with Gasteiger partial charge in [0.15, 0.2) is 0 Å². The number of ether oxygens (including phenoxy) is 2. The number of methoxy groups -OCH3 is 1. The molecule has 0 heterocycles. The Morgan fingerprint density at radius 2 is 1.75 bits per heavy atom. The number of fused-ring (bicyclic) bond motifs is 1. The van der Waals surface area contributed by atoms with Gasteiger partial charge in [-0.15, -0.1) is 0 Å². The molecular weight excluding hydrogens is 428 g/mol. The second kappa shape index (κ2) is 10.5. The van der Waals surface area contributed by atoms with E-state index < -0.39 is 10.0 Å². The van der Waals surface area contributed by atoms with Crippen LogP contribution in [0.25, 0.3) is 10.8 Å². The Morgan fingerprint density at radius 3 is 2.47 bits per heavy atom. The summed E-state index contributed by atoms with van der Waals surface area (Å²) >= 11 is 0. The standard InChI is InChI=1S/C24H28N2O5S/c1-26(2)32(28,29)22-11-12-23(30-3)20(17-22)9-13-24(27)25-14-15-31-21-10-8-18-6-4-5-7-19(18)16-21/h4-8,10-12,16-17H,9,13-15H2,1-3H3,(H,25,27). The first-order valence-corrected chi connectivity index (χ1v) is 11.7. The smallest absolute Gasteiger partial charge is 0.242 e. The molecule has 3 rings (SSSR count). The third-order valence-electron chi connectivity index (χ3n) is 5.07. The summed E-state index contributed by atoms with van der Waals surface area (Å²) in [5.74, 6) is 1.16. The normalized spacial score (nSPS) is 11.5. The average molecular weight is 457 g/mol. The van der Waals surface area contributed by atoms with Crippen molar-refractivity contribution in [2.24, 2.45) is 0 Å². The van der Waals surface area contributed by atoms with Gasteiger partial charge in [0.2, 0.25) is 15.9 Å². The fourth-order valence-electron chi connectivity index (χ4n) is 3.27. The summed E-state index contributed by atoms with van der Waals surface area (Å²) < 4.78 is 37.0. The highest BCUT2D eigenvalue weighted by Gasteiger charge is 2.19. The van der Waals surface area contributed by atoms with Crippen molar-refractivity contribution in [3.8, 4) is 11.5 Å². The first-order valence-electron chi connectivity index (χ1n) is 10.3. The van der Waals surface area contributed by atoms with Crippen molar-refractivity contribution in [2.45, 2.75) is 17.7 Å². The van der Waals surface area contributed by atoms with Crippen molar-refractivity contribution in [3.63, 3.8) is 0 Å². The molecule has 1 amide bonds. The topological polar surface area (TPSA) is 84.9 Å². The lowest BCUT2D eigenvalue weighted by Crippen LogP contribution is -2.28. The van der Waals surface area contributed by atoms with Crippen molar-refractivity contribution >= 4 is 26.7 Å². The van der Waals surface area contributed by atoms with Crippen molar-refractivity contribution in [1.29, 1.82) is 0 Å². The Bertz CT molecular complexity index is 1190. The zero-order chi connectivity index (χ0) is 23.1. The van der Waals surface area contributed by atoms with Crippen LogP contribution in [0.5, 0.6) is 11.5 Å². The number of amides is 1. The maximum Gasteiger partial charge on any atom is 0.242 e. The largest absolute Gasteiger partial charge is 0.496 e. The summed E-state index contributed by atoms with van der Waals surface area (Å²) in [6, 6.07) is 18.6. The highest BCUT2D eigenvalue weighted by molar-refractivity contribution is 7.89. The average Bonchev–Trinajstić information content (AvgIpc) is 2.80. The molecule has 0 aliphatic heterocycles. The summed E-state index contributed by atoms with van der Waals surface area (Å²) in [6.07, 6.45) is 0.565. The molecule has 0 aliphatic rings. The zero-order valence-electron chi connectivity index (χ0n) is 18.5. The lowest BCUT2D eigenvalue weighted by atomic mass is 10.1. The van der Waals surface area contributed by atoms with Crippen LogP contribution in [0, 0.1) is 0 Å². The van der Waals surface area contributed by atoms with Gasteiger partial charge in [0.25, 0.3) is 0 Å². The van der Waals surface area contributed by atoms with E-state index in [-0.39, 0.29) is 17.2 Å². The molecule has 0 fully saturated rings. The molecule has 0 saturated heterocycles. The number of rotatable bonds is 10. The van der Waals surface area contributed by atoms with Gasteiger partial charge in [0.1, 0.15) is 18.1 Å². The summed E-state index contributed by atoms with van der Waals surface area (Å²) in [7, 11) is 0.915. The van der Waals surface area contributed by atoms with Crippen LogP contribution in [0.3, 0.4) is 0 Å². The Hall–Kier alpha value is -3.10. The molecule has 0 aromatic heterocycles. The molecule has 8 heteroatoms. The minimum absolute atomic E-state index is 0.143. The molecule has 3 aromatic carbocycles. The number of aryl methyl sites for hydroxylation is 1. The van der Waals surface area contributed by atoms with Crippen molar-refractivity contribution in [3.05, 3.63) is 66.2 Å². The van der Waals surface area contributed by atoms with E-state index in [1.165, 1.54) is 27.3 Å². The molecule has 1 N–H and O–H groups in total. The quantitative estimate of drug-likeness (QED) is 0.474. The van der Waals surface area contributed by atoms with Gasteiger partial charge in [0, 0.05) is 20.5 Å². The first-order chi connectivity index (χ1) is 15.3. The molecule has 0 aliphatic carbocycles. The van der Waals surface area contributed by atoms with E-state index in [4.69, 9.17) is 9.47 Å². The number of sulfonamides is 1. The van der Waals surface area contributed by atoms with E-state index >= 15 is 0 Å². The van der Waals surface area contributed by atoms with Gasteiger partial charge in [-0.2, -0.15) is 0 Å². The van der Waals surface area contributed by atoms with Crippen LogP contribution in [0.1, 0.15) is 12.0 Å². The summed E-state index contributed by atoms with van der Waals surface area (Å²) in [5.41, 5.74) is 0.665. The predicted octanol–water partition coefficient (Wildman–Crippen LogP) is 3.23. The van der Waals surface area contributed by atoms with E-state index in [0.717, 1.165) is 20.8 Å². The van der Waals surface area contributed by atoms with Crippen LogP contribution in [-0.2, 0) is 21.2 Å². The van der Waals surface area contributed by atoms with Gasteiger partial charge < -0.3 is 14.8 Å². The Labute approximate surface area is 189 Å². The molecule has 0 atom stereocenters. The Kier molecular flexibility index (Phi) is 7.71. The van der Waals surface area contributed by atoms with Crippen molar-refractivity contribution in [1.82, 2.24) is 9.62 Å². The Balaban J connectivity index is 1.51. The summed E-state index contributed by atoms with van der Waals surface area (Å²) in [4.78, 5) is 12.4. The highest BCUT2D eigenvalue weighted by atomic mass is 32.2. The van der Waals surface area contributed by atoms with Crippen LogP contribution in [0.15, 0.2) is 65.6 Å². The van der Waals surface area contributed by atoms with E-state index in [9.17, 15) is 13.2 Å². The molecule has 0 radical (unpaired) electrons. The van der Waals surface area contributed by atoms with E-state index in [1.54, 1.807) is 12.1 Å². The summed E-state index contributed by atoms with van der Waals surface area (Å²) in [5, 5.41) is 5.07. The molecule has 0 bridgehead atoms. The first kappa shape index (κ1) is 23.6. The maximum atomic E-state index is 12.4. The van der Waals surface area contributed by atoms with Gasteiger partial charge in [-0.3, -0.25) is 4.79 Å². The van der Waals surface area contributed by atoms with Gasteiger partial charge in [-0.25, -0.2) is 12.7 Å². The molecule has 3 aromatic rings. The van der Waals surface area contributed by atoms with Crippen LogP contribution in [0.4, 0.5) is 0 Å². The fraction of sp³-hybridized carbons (Fsp3) is 0.292. The summed E-state index contributed by atoms with van der Waals surface area (Å²) in [6.45, 7) is 0.724. The van der Waals surface area contributed by atoms with E-state index in [2.05, 4.69) is 5.32 Å². The van der Waals surface area contributed by atoms with Crippen LogP contribution < -0.4 is 14.8 Å². The maximum absolute atomic E-state index is 12.4. The van der Waals surface area contributed by atoms with E-state index in [0.29, 0.717) is 30.9 Å². The van der Waals surface area contributed by atoms with Gasteiger partial charge in [-0.05, 0) is 53.1 Å². The minimum atomic E-state index is -3.56. The lowest BCUT2D eigenvalue weighted by molar-refractivity contribution is -0.121. The van der Waals surface area contributed by atoms with Gasteiger partial charge >= 0.3 is 0 Å². The van der Waals surface area contributed by atoms with Gasteiger partial charge in [0.05, 0.1) is 18.6 Å². The minimum Gasteiger partial charge on any atom is -0.496 e. The lowest BCUT2D eigenvalue weighted by Gasteiger charge is -2.14. The number of nitrogens with one attached hydrogen (secondary N) is 1. The van der Waals surface area contributed by atoms with Crippen molar-refractivity contribution in [2.75, 3.05) is 34.4 Å². The predicted molar refractivity (Wildman–Crippen MR) is 125 cm³/mol. The monoisotopic (exact) mass is 456 g/mol. The van der Waals surface area contributed by atoms with Gasteiger partial charge in [-0.1, -0.05) is 30.3 Å². The molecule has 32 heavy (non-hydrogen) atoms. The number of carbonyl (C=O) groups excluding carboxylic acids is 1. The Morgan fingerprint density at radius 1 is 1.00 bits per heavy atom. The number of nitrogens with zero attached hydrogens (tertiary/aromatic N) is 1.